The average molecular weight is 280 g/mol. The molecule has 0 unspecified atom stereocenters. The summed E-state index contributed by atoms with van der Waals surface area (Å²) in [6.07, 6.45) is 3.42. The standard InChI is InChI=1S/C10H14O3.C6H10O/c1-3-13-9-5-4-8(7-11)6-10(9)12-2;1-3-5-7-6-4-2/h4-6,11H,3,7H2,1-2H3;3-4H,1-2,5-6H2. The first-order valence-corrected chi connectivity index (χ1v) is 6.43. The van der Waals surface area contributed by atoms with Crippen LogP contribution in [-0.2, 0) is 11.3 Å². The molecule has 20 heavy (non-hydrogen) atoms. The van der Waals surface area contributed by atoms with Gasteiger partial charge in [-0.25, -0.2) is 0 Å². The number of methoxy groups -OCH3 is 1. The third kappa shape index (κ3) is 7.61. The summed E-state index contributed by atoms with van der Waals surface area (Å²) in [5.41, 5.74) is 0.820. The van der Waals surface area contributed by atoms with Crippen molar-refractivity contribution >= 4 is 0 Å². The summed E-state index contributed by atoms with van der Waals surface area (Å²) in [5.74, 6) is 1.37. The predicted octanol–water partition coefficient (Wildman–Crippen LogP) is 2.96. The first-order valence-electron chi connectivity index (χ1n) is 6.43. The van der Waals surface area contributed by atoms with Gasteiger partial charge in [-0.3, -0.25) is 0 Å². The largest absolute Gasteiger partial charge is 0.493 e. The van der Waals surface area contributed by atoms with Crippen LogP contribution in [0.25, 0.3) is 0 Å². The molecule has 112 valence electrons. The van der Waals surface area contributed by atoms with Crippen LogP contribution in [0.15, 0.2) is 43.5 Å². The van der Waals surface area contributed by atoms with Gasteiger partial charge in [-0.2, -0.15) is 0 Å². The lowest BCUT2D eigenvalue weighted by atomic mass is 10.2. The maximum absolute atomic E-state index is 8.88. The molecule has 0 atom stereocenters. The molecule has 0 aliphatic heterocycles. The summed E-state index contributed by atoms with van der Waals surface area (Å²) in [7, 11) is 1.58. The third-order valence-electron chi connectivity index (χ3n) is 2.18. The average Bonchev–Trinajstić information content (AvgIpc) is 2.49. The molecule has 0 bridgehead atoms. The van der Waals surface area contributed by atoms with E-state index in [4.69, 9.17) is 19.3 Å². The van der Waals surface area contributed by atoms with Gasteiger partial charge >= 0.3 is 0 Å². The van der Waals surface area contributed by atoms with Crippen LogP contribution in [0.4, 0.5) is 0 Å². The summed E-state index contributed by atoms with van der Waals surface area (Å²) in [5, 5.41) is 8.88. The molecule has 0 radical (unpaired) electrons. The normalized spacial score (nSPS) is 9.15. The molecule has 0 aliphatic carbocycles. The van der Waals surface area contributed by atoms with Gasteiger partial charge in [0.15, 0.2) is 11.5 Å². The highest BCUT2D eigenvalue weighted by atomic mass is 16.5. The van der Waals surface area contributed by atoms with Crippen LogP contribution >= 0.6 is 0 Å². The van der Waals surface area contributed by atoms with Gasteiger partial charge in [-0.1, -0.05) is 18.2 Å². The Bertz CT molecular complexity index is 380. The van der Waals surface area contributed by atoms with Crippen molar-refractivity contribution in [3.63, 3.8) is 0 Å². The minimum Gasteiger partial charge on any atom is -0.493 e. The Labute approximate surface area is 121 Å². The Balaban J connectivity index is 0.000000441. The fourth-order valence-electron chi connectivity index (χ4n) is 1.32. The molecule has 1 N–H and O–H groups in total. The highest BCUT2D eigenvalue weighted by molar-refractivity contribution is 5.42. The fourth-order valence-corrected chi connectivity index (χ4v) is 1.32. The second-order valence-electron chi connectivity index (χ2n) is 3.69. The highest BCUT2D eigenvalue weighted by Gasteiger charge is 2.03. The highest BCUT2D eigenvalue weighted by Crippen LogP contribution is 2.27. The van der Waals surface area contributed by atoms with Crippen LogP contribution in [0.1, 0.15) is 12.5 Å². The van der Waals surface area contributed by atoms with Crippen molar-refractivity contribution in [2.45, 2.75) is 13.5 Å². The fraction of sp³-hybridized carbons (Fsp3) is 0.375. The minimum atomic E-state index is 0.0166. The van der Waals surface area contributed by atoms with Crippen molar-refractivity contribution in [2.24, 2.45) is 0 Å². The molecular weight excluding hydrogens is 256 g/mol. The van der Waals surface area contributed by atoms with Crippen LogP contribution in [0.2, 0.25) is 0 Å². The number of benzene rings is 1. The molecular formula is C16H24O4. The Morgan fingerprint density at radius 1 is 1.15 bits per heavy atom. The van der Waals surface area contributed by atoms with Gasteiger partial charge in [-0.05, 0) is 24.6 Å². The zero-order valence-electron chi connectivity index (χ0n) is 12.3. The van der Waals surface area contributed by atoms with E-state index < -0.39 is 0 Å². The summed E-state index contributed by atoms with van der Waals surface area (Å²) >= 11 is 0. The Morgan fingerprint density at radius 2 is 1.80 bits per heavy atom. The lowest BCUT2D eigenvalue weighted by molar-refractivity contribution is 0.194. The number of hydrogen-bond donors (Lipinski definition) is 1. The second kappa shape index (κ2) is 12.3. The smallest absolute Gasteiger partial charge is 0.161 e. The molecule has 0 amide bonds. The molecule has 0 saturated carbocycles. The maximum atomic E-state index is 8.88. The van der Waals surface area contributed by atoms with Crippen LogP contribution < -0.4 is 9.47 Å². The van der Waals surface area contributed by atoms with Gasteiger partial charge in [0.2, 0.25) is 0 Å². The quantitative estimate of drug-likeness (QED) is 0.587. The van der Waals surface area contributed by atoms with Gasteiger partial charge in [-0.15, -0.1) is 13.2 Å². The third-order valence-corrected chi connectivity index (χ3v) is 2.18. The zero-order chi connectivity index (χ0) is 15.2. The Kier molecular flexibility index (Phi) is 11.2. The van der Waals surface area contributed by atoms with E-state index in [1.54, 1.807) is 31.4 Å². The summed E-state index contributed by atoms with van der Waals surface area (Å²) in [6, 6.07) is 5.38. The van der Waals surface area contributed by atoms with E-state index in [9.17, 15) is 0 Å². The summed E-state index contributed by atoms with van der Waals surface area (Å²) < 4.78 is 15.3. The molecule has 0 fully saturated rings. The molecule has 0 aliphatic rings. The number of ether oxygens (including phenoxy) is 3. The molecule has 0 saturated heterocycles. The van der Waals surface area contributed by atoms with Gasteiger partial charge in [0.1, 0.15) is 0 Å². The van der Waals surface area contributed by atoms with E-state index in [-0.39, 0.29) is 6.61 Å². The molecule has 0 spiro atoms. The van der Waals surface area contributed by atoms with Crippen LogP contribution in [0, 0.1) is 0 Å². The first kappa shape index (κ1) is 18.2. The number of rotatable bonds is 8. The molecule has 0 aromatic heterocycles. The zero-order valence-corrected chi connectivity index (χ0v) is 12.3. The molecule has 0 heterocycles. The Morgan fingerprint density at radius 3 is 2.25 bits per heavy atom. The van der Waals surface area contributed by atoms with E-state index in [1.165, 1.54) is 0 Å². The molecule has 1 rings (SSSR count). The van der Waals surface area contributed by atoms with Crippen LogP contribution in [-0.4, -0.2) is 32.0 Å². The lowest BCUT2D eigenvalue weighted by Crippen LogP contribution is -1.96. The van der Waals surface area contributed by atoms with E-state index in [0.717, 1.165) is 5.56 Å². The van der Waals surface area contributed by atoms with Crippen LogP contribution in [0.5, 0.6) is 11.5 Å². The molecule has 4 nitrogen and oxygen atoms in total. The SMILES string of the molecule is C=CCOCC=C.CCOc1ccc(CO)cc1OC. The number of aliphatic hydroxyl groups excluding tert-OH is 1. The first-order chi connectivity index (χ1) is 9.73. The van der Waals surface area contributed by atoms with Gasteiger partial charge < -0.3 is 19.3 Å². The van der Waals surface area contributed by atoms with Gasteiger partial charge in [0.25, 0.3) is 0 Å². The van der Waals surface area contributed by atoms with Crippen molar-refractivity contribution < 1.29 is 19.3 Å². The van der Waals surface area contributed by atoms with E-state index in [2.05, 4.69) is 13.2 Å². The van der Waals surface area contributed by atoms with Gasteiger partial charge in [0, 0.05) is 0 Å². The molecule has 4 heteroatoms. The van der Waals surface area contributed by atoms with Gasteiger partial charge in [0.05, 0.1) is 33.5 Å². The second-order valence-corrected chi connectivity index (χ2v) is 3.69. The van der Waals surface area contributed by atoms with E-state index in [0.29, 0.717) is 31.3 Å². The van der Waals surface area contributed by atoms with Crippen molar-refractivity contribution in [1.82, 2.24) is 0 Å². The van der Waals surface area contributed by atoms with E-state index in [1.807, 2.05) is 13.0 Å². The van der Waals surface area contributed by atoms with E-state index >= 15 is 0 Å². The minimum absolute atomic E-state index is 0.0166. The molecule has 1 aromatic carbocycles. The lowest BCUT2D eigenvalue weighted by Gasteiger charge is -2.09. The van der Waals surface area contributed by atoms with Crippen molar-refractivity contribution in [2.75, 3.05) is 26.9 Å². The number of hydrogen-bond acceptors (Lipinski definition) is 4. The molecule has 1 aromatic rings. The summed E-state index contributed by atoms with van der Waals surface area (Å²) in [6.45, 7) is 10.7. The Hall–Kier alpha value is -1.78. The maximum Gasteiger partial charge on any atom is 0.161 e. The monoisotopic (exact) mass is 280 g/mol. The number of aliphatic hydroxyl groups is 1. The van der Waals surface area contributed by atoms with Crippen molar-refractivity contribution in [3.8, 4) is 11.5 Å². The predicted molar refractivity (Wildman–Crippen MR) is 81.3 cm³/mol. The van der Waals surface area contributed by atoms with Crippen molar-refractivity contribution in [3.05, 3.63) is 49.1 Å². The topological polar surface area (TPSA) is 47.9 Å². The van der Waals surface area contributed by atoms with Crippen molar-refractivity contribution in [1.29, 1.82) is 0 Å². The summed E-state index contributed by atoms with van der Waals surface area (Å²) in [4.78, 5) is 0. The van der Waals surface area contributed by atoms with Crippen LogP contribution in [0.3, 0.4) is 0 Å².